The van der Waals surface area contributed by atoms with Crippen LogP contribution in [0.1, 0.15) is 28.4 Å². The van der Waals surface area contributed by atoms with Gasteiger partial charge >= 0.3 is 5.97 Å². The molecule has 40 heavy (non-hydrogen) atoms. The van der Waals surface area contributed by atoms with E-state index in [0.717, 1.165) is 28.1 Å². The number of carbonyl (C=O) groups excluding carboxylic acids is 3. The minimum absolute atomic E-state index is 0.182. The maximum absolute atomic E-state index is 13.2. The van der Waals surface area contributed by atoms with E-state index in [0.29, 0.717) is 38.6 Å². The molecule has 0 saturated carbocycles. The first-order valence-electron chi connectivity index (χ1n) is 12.4. The van der Waals surface area contributed by atoms with Crippen molar-refractivity contribution in [3.05, 3.63) is 105 Å². The number of imide groups is 1. The summed E-state index contributed by atoms with van der Waals surface area (Å²) in [6, 6.07) is 23.8. The SMILES string of the molecule is CCOc1cc(/C=C2\SC(=O)N(Cc3ccc4ccccc4c3)C2=O)cc(Br)c1OC(=O)c1ccc(OC)cc1. The predicted molar refractivity (Wildman–Crippen MR) is 159 cm³/mol. The Hall–Kier alpha value is -4.08. The number of halogens is 1. The number of ether oxygens (including phenoxy) is 3. The third-order valence-corrected chi connectivity index (χ3v) is 7.67. The van der Waals surface area contributed by atoms with Gasteiger partial charge in [-0.1, -0.05) is 36.4 Å². The predicted octanol–water partition coefficient (Wildman–Crippen LogP) is 7.47. The van der Waals surface area contributed by atoms with Gasteiger partial charge in [0.25, 0.3) is 11.1 Å². The highest BCUT2D eigenvalue weighted by atomic mass is 79.9. The van der Waals surface area contributed by atoms with Crippen LogP contribution in [0.4, 0.5) is 4.79 Å². The van der Waals surface area contributed by atoms with Gasteiger partial charge in [0.2, 0.25) is 0 Å². The van der Waals surface area contributed by atoms with Crippen LogP contribution in [0, 0.1) is 0 Å². The van der Waals surface area contributed by atoms with Crippen molar-refractivity contribution in [1.82, 2.24) is 4.90 Å². The molecule has 0 aromatic heterocycles. The van der Waals surface area contributed by atoms with Crippen LogP contribution in [0.3, 0.4) is 0 Å². The van der Waals surface area contributed by atoms with Crippen LogP contribution in [0.15, 0.2) is 88.2 Å². The van der Waals surface area contributed by atoms with Crippen LogP contribution < -0.4 is 14.2 Å². The smallest absolute Gasteiger partial charge is 0.343 e. The van der Waals surface area contributed by atoms with Gasteiger partial charge in [0.1, 0.15) is 5.75 Å². The minimum Gasteiger partial charge on any atom is -0.497 e. The van der Waals surface area contributed by atoms with Crippen molar-refractivity contribution in [3.63, 3.8) is 0 Å². The molecule has 0 bridgehead atoms. The molecule has 5 rings (SSSR count). The number of esters is 1. The summed E-state index contributed by atoms with van der Waals surface area (Å²) in [5.74, 6) is 0.225. The second kappa shape index (κ2) is 12.0. The highest BCUT2D eigenvalue weighted by molar-refractivity contribution is 9.10. The Morgan fingerprint density at radius 1 is 0.975 bits per heavy atom. The van der Waals surface area contributed by atoms with E-state index in [9.17, 15) is 14.4 Å². The van der Waals surface area contributed by atoms with E-state index in [1.807, 2.05) is 49.4 Å². The standard InChI is InChI=1S/C31H24BrNO6S/c1-3-38-26-16-20(15-25(32)28(26)39-30(35)22-10-12-24(37-2)13-11-22)17-27-29(34)33(31(36)40-27)18-19-8-9-21-6-4-5-7-23(21)14-19/h4-17H,3,18H2,1-2H3/b27-17-. The molecule has 7 nitrogen and oxygen atoms in total. The first-order valence-corrected chi connectivity index (χ1v) is 14.0. The fourth-order valence-corrected chi connectivity index (χ4v) is 5.60. The zero-order chi connectivity index (χ0) is 28.2. The van der Waals surface area contributed by atoms with Gasteiger partial charge in [-0.15, -0.1) is 0 Å². The molecule has 4 aromatic rings. The Kier molecular flexibility index (Phi) is 8.23. The lowest BCUT2D eigenvalue weighted by molar-refractivity contribution is -0.123. The molecule has 1 aliphatic heterocycles. The van der Waals surface area contributed by atoms with Gasteiger partial charge in [-0.2, -0.15) is 0 Å². The number of hydrogen-bond donors (Lipinski definition) is 0. The Bertz CT molecular complexity index is 1650. The molecule has 1 heterocycles. The lowest BCUT2D eigenvalue weighted by atomic mass is 10.1. The van der Waals surface area contributed by atoms with Gasteiger partial charge in [0.15, 0.2) is 11.5 Å². The van der Waals surface area contributed by atoms with Crippen LogP contribution >= 0.6 is 27.7 Å². The van der Waals surface area contributed by atoms with E-state index in [-0.39, 0.29) is 23.4 Å². The van der Waals surface area contributed by atoms with Crippen LogP contribution in [-0.4, -0.2) is 35.7 Å². The number of hydrogen-bond acceptors (Lipinski definition) is 7. The average Bonchev–Trinajstić information content (AvgIpc) is 3.22. The first-order chi connectivity index (χ1) is 19.4. The number of thioether (sulfide) groups is 1. The van der Waals surface area contributed by atoms with Gasteiger partial charge in [0, 0.05) is 0 Å². The third-order valence-electron chi connectivity index (χ3n) is 6.18. The highest BCUT2D eigenvalue weighted by Gasteiger charge is 2.35. The van der Waals surface area contributed by atoms with Gasteiger partial charge in [-0.3, -0.25) is 14.5 Å². The van der Waals surface area contributed by atoms with E-state index in [4.69, 9.17) is 14.2 Å². The largest absolute Gasteiger partial charge is 0.497 e. The van der Waals surface area contributed by atoms with Crippen molar-refractivity contribution < 1.29 is 28.6 Å². The molecule has 202 valence electrons. The molecule has 1 saturated heterocycles. The number of amides is 2. The van der Waals surface area contributed by atoms with E-state index in [1.165, 1.54) is 4.90 Å². The number of nitrogens with zero attached hydrogens (tertiary/aromatic N) is 1. The number of benzene rings is 4. The van der Waals surface area contributed by atoms with Crippen molar-refractivity contribution in [3.8, 4) is 17.2 Å². The lowest BCUT2D eigenvalue weighted by Gasteiger charge is -2.14. The van der Waals surface area contributed by atoms with Crippen LogP contribution in [-0.2, 0) is 11.3 Å². The molecule has 0 atom stereocenters. The maximum atomic E-state index is 13.2. The van der Waals surface area contributed by atoms with Crippen LogP contribution in [0.25, 0.3) is 16.8 Å². The summed E-state index contributed by atoms with van der Waals surface area (Å²) in [6.07, 6.45) is 1.63. The van der Waals surface area contributed by atoms with Gasteiger partial charge in [-0.05, 0) is 105 Å². The summed E-state index contributed by atoms with van der Waals surface area (Å²) in [6.45, 7) is 2.32. The second-order valence-corrected chi connectivity index (χ2v) is 10.7. The van der Waals surface area contributed by atoms with Crippen molar-refractivity contribution in [2.75, 3.05) is 13.7 Å². The summed E-state index contributed by atoms with van der Waals surface area (Å²) in [7, 11) is 1.55. The molecular weight excluding hydrogens is 594 g/mol. The molecule has 2 amide bonds. The fourth-order valence-electron chi connectivity index (χ4n) is 4.22. The normalized spacial score (nSPS) is 14.2. The second-order valence-electron chi connectivity index (χ2n) is 8.83. The number of rotatable bonds is 8. The van der Waals surface area contributed by atoms with E-state index in [2.05, 4.69) is 15.9 Å². The number of fused-ring (bicyclic) bond motifs is 1. The van der Waals surface area contributed by atoms with Gasteiger partial charge in [0.05, 0.1) is 35.2 Å². The van der Waals surface area contributed by atoms with Crippen molar-refractivity contribution in [1.29, 1.82) is 0 Å². The molecule has 0 aliphatic carbocycles. The van der Waals surface area contributed by atoms with Crippen molar-refractivity contribution in [2.45, 2.75) is 13.5 Å². The monoisotopic (exact) mass is 617 g/mol. The van der Waals surface area contributed by atoms with E-state index in [1.54, 1.807) is 49.6 Å². The molecule has 0 radical (unpaired) electrons. The molecule has 1 aliphatic rings. The minimum atomic E-state index is -0.563. The summed E-state index contributed by atoms with van der Waals surface area (Å²) in [5.41, 5.74) is 1.82. The lowest BCUT2D eigenvalue weighted by Crippen LogP contribution is -2.27. The Balaban J connectivity index is 1.37. The van der Waals surface area contributed by atoms with Gasteiger partial charge in [-0.25, -0.2) is 4.79 Å². The first kappa shape index (κ1) is 27.5. The third kappa shape index (κ3) is 5.90. The van der Waals surface area contributed by atoms with Crippen LogP contribution in [0.5, 0.6) is 17.2 Å². The van der Waals surface area contributed by atoms with Gasteiger partial charge < -0.3 is 14.2 Å². The zero-order valence-electron chi connectivity index (χ0n) is 21.7. The average molecular weight is 619 g/mol. The van der Waals surface area contributed by atoms with E-state index >= 15 is 0 Å². The topological polar surface area (TPSA) is 82.1 Å². The molecule has 4 aromatic carbocycles. The zero-order valence-corrected chi connectivity index (χ0v) is 24.1. The van der Waals surface area contributed by atoms with Crippen molar-refractivity contribution in [2.24, 2.45) is 0 Å². The molecule has 0 N–H and O–H groups in total. The summed E-state index contributed by atoms with van der Waals surface area (Å²) < 4.78 is 17.0. The van der Waals surface area contributed by atoms with E-state index < -0.39 is 5.97 Å². The summed E-state index contributed by atoms with van der Waals surface area (Å²) in [5, 5.41) is 1.80. The highest BCUT2D eigenvalue weighted by Crippen LogP contribution is 2.40. The fraction of sp³-hybridized carbons (Fsp3) is 0.129. The number of methoxy groups -OCH3 is 1. The Morgan fingerprint density at radius 3 is 2.45 bits per heavy atom. The molecular formula is C31H24BrNO6S. The maximum Gasteiger partial charge on any atom is 0.343 e. The molecule has 9 heteroatoms. The molecule has 1 fully saturated rings. The number of carbonyl (C=O) groups is 3. The summed E-state index contributed by atoms with van der Waals surface area (Å²) in [4.78, 5) is 40.3. The van der Waals surface area contributed by atoms with Crippen LogP contribution in [0.2, 0.25) is 0 Å². The quantitative estimate of drug-likeness (QED) is 0.115. The Morgan fingerprint density at radius 2 is 1.73 bits per heavy atom. The summed E-state index contributed by atoms with van der Waals surface area (Å²) >= 11 is 4.35. The molecule has 0 unspecified atom stereocenters. The Labute approximate surface area is 243 Å². The van der Waals surface area contributed by atoms with Crippen molar-refractivity contribution >= 4 is 61.7 Å². The molecule has 0 spiro atoms.